The first-order chi connectivity index (χ1) is 9.66. The Morgan fingerprint density at radius 1 is 1.30 bits per heavy atom. The van der Waals surface area contributed by atoms with E-state index in [2.05, 4.69) is 4.98 Å². The van der Waals surface area contributed by atoms with Crippen LogP contribution in [0, 0.1) is 16.0 Å². The summed E-state index contributed by atoms with van der Waals surface area (Å²) in [4.78, 5) is 30.4. The molecule has 7 nitrogen and oxygen atoms in total. The second kappa shape index (κ2) is 5.07. The average Bonchev–Trinajstić information content (AvgIpc) is 3.31. The van der Waals surface area contributed by atoms with Crippen LogP contribution in [-0.2, 0) is 4.79 Å². The summed E-state index contributed by atoms with van der Waals surface area (Å²) in [6.45, 7) is 2.42. The van der Waals surface area contributed by atoms with Gasteiger partial charge < -0.3 is 9.80 Å². The highest BCUT2D eigenvalue weighted by Gasteiger charge is 2.35. The lowest BCUT2D eigenvalue weighted by atomic mass is 10.2. The highest BCUT2D eigenvalue weighted by molar-refractivity contribution is 5.81. The number of hydrogen-bond acceptors (Lipinski definition) is 5. The maximum atomic E-state index is 12.0. The summed E-state index contributed by atoms with van der Waals surface area (Å²) in [5.74, 6) is 0.863. The van der Waals surface area contributed by atoms with Crippen molar-refractivity contribution in [3.63, 3.8) is 0 Å². The van der Waals surface area contributed by atoms with Gasteiger partial charge in [-0.1, -0.05) is 0 Å². The summed E-state index contributed by atoms with van der Waals surface area (Å²) in [7, 11) is 0. The molecule has 0 N–H and O–H groups in total. The quantitative estimate of drug-likeness (QED) is 0.609. The van der Waals surface area contributed by atoms with Crippen LogP contribution in [0.25, 0.3) is 0 Å². The summed E-state index contributed by atoms with van der Waals surface area (Å²) in [5.41, 5.74) is 0.0227. The molecular formula is C13H16N4O3. The average molecular weight is 276 g/mol. The van der Waals surface area contributed by atoms with Crippen LogP contribution in [0.15, 0.2) is 18.3 Å². The van der Waals surface area contributed by atoms with Gasteiger partial charge in [0.05, 0.1) is 4.92 Å². The van der Waals surface area contributed by atoms with Crippen molar-refractivity contribution < 1.29 is 9.72 Å². The Labute approximate surface area is 116 Å². The molecule has 0 atom stereocenters. The largest absolute Gasteiger partial charge is 0.347 e. The van der Waals surface area contributed by atoms with E-state index in [4.69, 9.17) is 0 Å². The third-order valence-electron chi connectivity index (χ3n) is 3.78. The predicted octanol–water partition coefficient (Wildman–Crippen LogP) is 1.05. The Balaban J connectivity index is 1.69. The van der Waals surface area contributed by atoms with Crippen LogP contribution in [0.2, 0.25) is 0 Å². The van der Waals surface area contributed by atoms with Crippen LogP contribution in [-0.4, -0.2) is 46.9 Å². The molecule has 0 bridgehead atoms. The molecule has 1 amide bonds. The summed E-state index contributed by atoms with van der Waals surface area (Å²) >= 11 is 0. The molecule has 0 aromatic carbocycles. The molecule has 7 heteroatoms. The number of rotatable bonds is 3. The van der Waals surface area contributed by atoms with Gasteiger partial charge in [-0.3, -0.25) is 14.9 Å². The van der Waals surface area contributed by atoms with Crippen molar-refractivity contribution in [1.82, 2.24) is 9.88 Å². The standard InChI is InChI=1S/C13H16N4O3/c18-13(10-3-4-10)16-8-6-15(7-9-16)12-11(17(19)20)2-1-5-14-12/h1-2,5,10H,3-4,6-9H2. The van der Waals surface area contributed by atoms with Crippen molar-refractivity contribution in [2.75, 3.05) is 31.1 Å². The number of anilines is 1. The number of piperazine rings is 1. The lowest BCUT2D eigenvalue weighted by Gasteiger charge is -2.35. The molecule has 1 aromatic heterocycles. The Morgan fingerprint density at radius 3 is 2.60 bits per heavy atom. The molecule has 1 aliphatic heterocycles. The number of nitro groups is 1. The zero-order chi connectivity index (χ0) is 14.1. The monoisotopic (exact) mass is 276 g/mol. The number of nitrogens with zero attached hydrogens (tertiary/aromatic N) is 4. The number of pyridine rings is 1. The molecule has 106 valence electrons. The van der Waals surface area contributed by atoms with Crippen LogP contribution < -0.4 is 4.90 Å². The van der Waals surface area contributed by atoms with Crippen LogP contribution >= 0.6 is 0 Å². The maximum absolute atomic E-state index is 12.0. The van der Waals surface area contributed by atoms with Crippen molar-refractivity contribution in [3.05, 3.63) is 28.4 Å². The van der Waals surface area contributed by atoms with Gasteiger partial charge >= 0.3 is 5.69 Å². The van der Waals surface area contributed by atoms with E-state index in [0.29, 0.717) is 32.0 Å². The van der Waals surface area contributed by atoms with E-state index in [1.54, 1.807) is 12.3 Å². The van der Waals surface area contributed by atoms with Crippen molar-refractivity contribution in [1.29, 1.82) is 0 Å². The topological polar surface area (TPSA) is 79.6 Å². The fourth-order valence-electron chi connectivity index (χ4n) is 2.50. The normalized spacial score (nSPS) is 19.0. The lowest BCUT2D eigenvalue weighted by Crippen LogP contribution is -2.49. The van der Waals surface area contributed by atoms with Crippen LogP contribution in [0.4, 0.5) is 11.5 Å². The summed E-state index contributed by atoms with van der Waals surface area (Å²) in [5, 5.41) is 11.0. The Morgan fingerprint density at radius 2 is 2.00 bits per heavy atom. The van der Waals surface area contributed by atoms with Gasteiger partial charge in [-0.05, 0) is 18.9 Å². The molecular weight excluding hydrogens is 260 g/mol. The molecule has 2 heterocycles. The van der Waals surface area contributed by atoms with E-state index in [1.807, 2.05) is 9.80 Å². The number of hydrogen-bond donors (Lipinski definition) is 0. The van der Waals surface area contributed by atoms with E-state index in [-0.39, 0.29) is 17.5 Å². The third-order valence-corrected chi connectivity index (χ3v) is 3.78. The van der Waals surface area contributed by atoms with Gasteiger partial charge in [0.25, 0.3) is 0 Å². The molecule has 1 saturated carbocycles. The Bertz CT molecular complexity index is 536. The van der Waals surface area contributed by atoms with Crippen molar-refractivity contribution in [3.8, 4) is 0 Å². The molecule has 20 heavy (non-hydrogen) atoms. The van der Waals surface area contributed by atoms with Gasteiger partial charge in [0.2, 0.25) is 11.7 Å². The minimum Gasteiger partial charge on any atom is -0.347 e. The highest BCUT2D eigenvalue weighted by Crippen LogP contribution is 2.32. The fraction of sp³-hybridized carbons (Fsp3) is 0.538. The molecule has 1 aliphatic carbocycles. The number of carbonyl (C=O) groups excluding carboxylic acids is 1. The van der Waals surface area contributed by atoms with E-state index in [9.17, 15) is 14.9 Å². The van der Waals surface area contributed by atoms with Gasteiger partial charge in [-0.25, -0.2) is 4.98 Å². The number of amides is 1. The predicted molar refractivity (Wildman–Crippen MR) is 72.4 cm³/mol. The first kappa shape index (κ1) is 12.8. The van der Waals surface area contributed by atoms with E-state index < -0.39 is 4.92 Å². The Hall–Kier alpha value is -2.18. The maximum Gasteiger partial charge on any atom is 0.311 e. The minimum absolute atomic E-state index is 0.0227. The second-order valence-corrected chi connectivity index (χ2v) is 5.19. The number of aromatic nitrogens is 1. The van der Waals surface area contributed by atoms with Crippen molar-refractivity contribution >= 4 is 17.4 Å². The van der Waals surface area contributed by atoms with Crippen molar-refractivity contribution in [2.45, 2.75) is 12.8 Å². The molecule has 0 spiro atoms. The lowest BCUT2D eigenvalue weighted by molar-refractivity contribution is -0.384. The molecule has 0 unspecified atom stereocenters. The third kappa shape index (κ3) is 2.43. The second-order valence-electron chi connectivity index (χ2n) is 5.19. The first-order valence-electron chi connectivity index (χ1n) is 6.80. The molecule has 0 radical (unpaired) electrons. The molecule has 2 fully saturated rings. The van der Waals surface area contributed by atoms with Gasteiger partial charge in [0, 0.05) is 44.4 Å². The van der Waals surface area contributed by atoms with E-state index in [1.165, 1.54) is 6.07 Å². The SMILES string of the molecule is O=C(C1CC1)N1CCN(c2ncccc2[N+](=O)[O-])CC1. The summed E-state index contributed by atoms with van der Waals surface area (Å²) < 4.78 is 0. The van der Waals surface area contributed by atoms with E-state index >= 15 is 0 Å². The zero-order valence-electron chi connectivity index (χ0n) is 11.1. The van der Waals surface area contributed by atoms with Gasteiger partial charge in [0.1, 0.15) is 0 Å². The number of carbonyl (C=O) groups is 1. The Kier molecular flexibility index (Phi) is 3.25. The molecule has 1 saturated heterocycles. The summed E-state index contributed by atoms with van der Waals surface area (Å²) in [6.07, 6.45) is 3.57. The van der Waals surface area contributed by atoms with Crippen LogP contribution in [0.5, 0.6) is 0 Å². The van der Waals surface area contributed by atoms with E-state index in [0.717, 1.165) is 12.8 Å². The fourth-order valence-corrected chi connectivity index (χ4v) is 2.50. The van der Waals surface area contributed by atoms with Crippen LogP contribution in [0.3, 0.4) is 0 Å². The molecule has 3 rings (SSSR count). The van der Waals surface area contributed by atoms with Gasteiger partial charge in [-0.2, -0.15) is 0 Å². The van der Waals surface area contributed by atoms with Gasteiger partial charge in [-0.15, -0.1) is 0 Å². The van der Waals surface area contributed by atoms with Crippen LogP contribution in [0.1, 0.15) is 12.8 Å². The highest BCUT2D eigenvalue weighted by atomic mass is 16.6. The minimum atomic E-state index is -0.413. The van der Waals surface area contributed by atoms with Gasteiger partial charge in [0.15, 0.2) is 0 Å². The summed E-state index contributed by atoms with van der Waals surface area (Å²) in [6, 6.07) is 3.03. The smallest absolute Gasteiger partial charge is 0.311 e. The first-order valence-corrected chi connectivity index (χ1v) is 6.80. The van der Waals surface area contributed by atoms with Crippen molar-refractivity contribution in [2.24, 2.45) is 5.92 Å². The molecule has 1 aromatic rings. The molecule has 2 aliphatic rings. The zero-order valence-corrected chi connectivity index (χ0v) is 11.1.